The minimum absolute atomic E-state index is 0.00135. The van der Waals surface area contributed by atoms with E-state index in [1.165, 1.54) is 18.2 Å². The van der Waals surface area contributed by atoms with Crippen molar-refractivity contribution in [3.8, 4) is 0 Å². The van der Waals surface area contributed by atoms with Gasteiger partial charge in [-0.1, -0.05) is 71.2 Å². The number of amides is 1. The Morgan fingerprint density at radius 2 is 1.58 bits per heavy atom. The van der Waals surface area contributed by atoms with Gasteiger partial charge in [0.1, 0.15) is 10.9 Å². The number of anilines is 1. The second-order valence-corrected chi connectivity index (χ2v) is 9.85. The number of aryl methyl sites for hydroxylation is 1. The van der Waals surface area contributed by atoms with Gasteiger partial charge in [-0.15, -0.1) is 0 Å². The molecule has 1 amide bonds. The first kappa shape index (κ1) is 23.6. The second-order valence-electron chi connectivity index (χ2n) is 6.89. The smallest absolute Gasteiger partial charge is 0.242 e. The van der Waals surface area contributed by atoms with Crippen molar-refractivity contribution in [2.75, 3.05) is 5.32 Å². The number of sulfonamides is 1. The van der Waals surface area contributed by atoms with Crippen molar-refractivity contribution < 1.29 is 13.2 Å². The molecule has 0 spiro atoms. The van der Waals surface area contributed by atoms with E-state index in [9.17, 15) is 13.2 Å². The first-order valence-corrected chi connectivity index (χ1v) is 11.9. The lowest BCUT2D eigenvalue weighted by atomic mass is 10.1. The zero-order valence-electron chi connectivity index (χ0n) is 16.4. The van der Waals surface area contributed by atoms with E-state index in [4.69, 9.17) is 34.8 Å². The molecule has 31 heavy (non-hydrogen) atoms. The highest BCUT2D eigenvalue weighted by atomic mass is 35.5. The predicted octanol–water partition coefficient (Wildman–Crippen LogP) is 5.48. The van der Waals surface area contributed by atoms with Gasteiger partial charge >= 0.3 is 0 Å². The lowest BCUT2D eigenvalue weighted by molar-refractivity contribution is -0.117. The molecule has 0 unspecified atom stereocenters. The van der Waals surface area contributed by atoms with E-state index in [1.807, 2.05) is 37.3 Å². The van der Waals surface area contributed by atoms with Gasteiger partial charge < -0.3 is 5.32 Å². The van der Waals surface area contributed by atoms with Gasteiger partial charge in [-0.05, 0) is 54.8 Å². The zero-order valence-corrected chi connectivity index (χ0v) is 19.5. The predicted molar refractivity (Wildman–Crippen MR) is 126 cm³/mol. The van der Waals surface area contributed by atoms with Crippen LogP contribution < -0.4 is 10.0 Å². The Morgan fingerprint density at radius 1 is 0.935 bits per heavy atom. The normalized spacial score (nSPS) is 12.4. The highest BCUT2D eigenvalue weighted by molar-refractivity contribution is 7.89. The van der Waals surface area contributed by atoms with Crippen LogP contribution in [-0.4, -0.2) is 20.4 Å². The van der Waals surface area contributed by atoms with Crippen LogP contribution in [0.4, 0.5) is 5.69 Å². The van der Waals surface area contributed by atoms with Crippen LogP contribution in [0.5, 0.6) is 0 Å². The highest BCUT2D eigenvalue weighted by Crippen LogP contribution is 2.26. The molecule has 0 radical (unpaired) electrons. The van der Waals surface area contributed by atoms with E-state index < -0.39 is 22.0 Å². The van der Waals surface area contributed by atoms with Crippen LogP contribution in [0.15, 0.2) is 71.6 Å². The van der Waals surface area contributed by atoms with Gasteiger partial charge in [0.25, 0.3) is 0 Å². The summed E-state index contributed by atoms with van der Waals surface area (Å²) in [4.78, 5) is 12.9. The lowest BCUT2D eigenvalue weighted by Crippen LogP contribution is -2.45. The summed E-state index contributed by atoms with van der Waals surface area (Å²) < 4.78 is 28.5. The van der Waals surface area contributed by atoms with Crippen LogP contribution in [0.25, 0.3) is 0 Å². The average Bonchev–Trinajstić information content (AvgIpc) is 2.72. The summed E-state index contributed by atoms with van der Waals surface area (Å²) in [6, 6.07) is 17.2. The van der Waals surface area contributed by atoms with E-state index >= 15 is 0 Å². The minimum atomic E-state index is -4.14. The summed E-state index contributed by atoms with van der Waals surface area (Å²) in [5, 5.41) is 3.43. The molecule has 0 aromatic heterocycles. The number of carbonyl (C=O) groups is 1. The molecule has 0 heterocycles. The van der Waals surface area contributed by atoms with Gasteiger partial charge in [-0.3, -0.25) is 4.79 Å². The number of benzene rings is 3. The lowest BCUT2D eigenvalue weighted by Gasteiger charge is -2.20. The fourth-order valence-corrected chi connectivity index (χ4v) is 5.05. The maximum absolute atomic E-state index is 13.1. The molecule has 3 aromatic carbocycles. The highest BCUT2D eigenvalue weighted by Gasteiger charge is 2.28. The minimum Gasteiger partial charge on any atom is -0.324 e. The average molecular weight is 498 g/mol. The molecular weight excluding hydrogens is 479 g/mol. The number of nitrogens with one attached hydrogen (secondary N) is 2. The van der Waals surface area contributed by atoms with Crippen LogP contribution in [0.3, 0.4) is 0 Å². The first-order chi connectivity index (χ1) is 14.7. The van der Waals surface area contributed by atoms with Crippen LogP contribution in [-0.2, 0) is 21.2 Å². The van der Waals surface area contributed by atoms with Crippen molar-refractivity contribution in [2.45, 2.75) is 24.3 Å². The van der Waals surface area contributed by atoms with E-state index in [-0.39, 0.29) is 21.4 Å². The summed E-state index contributed by atoms with van der Waals surface area (Å²) in [6.07, 6.45) is 0.129. The van der Waals surface area contributed by atoms with Crippen molar-refractivity contribution in [3.63, 3.8) is 0 Å². The third-order valence-electron chi connectivity index (χ3n) is 4.54. The van der Waals surface area contributed by atoms with Gasteiger partial charge in [0.2, 0.25) is 15.9 Å². The van der Waals surface area contributed by atoms with Crippen LogP contribution in [0, 0.1) is 6.92 Å². The Labute approximate surface area is 196 Å². The second kappa shape index (κ2) is 10.0. The Hall–Kier alpha value is -2.09. The molecule has 5 nitrogen and oxygen atoms in total. The number of rotatable bonds is 7. The van der Waals surface area contributed by atoms with Crippen molar-refractivity contribution in [3.05, 3.63) is 92.9 Å². The van der Waals surface area contributed by atoms with E-state index in [1.54, 1.807) is 18.2 Å². The molecule has 0 fully saturated rings. The molecule has 0 saturated heterocycles. The van der Waals surface area contributed by atoms with E-state index in [2.05, 4.69) is 10.0 Å². The number of halogens is 3. The van der Waals surface area contributed by atoms with Gasteiger partial charge in [0, 0.05) is 15.7 Å². The molecular formula is C22H19Cl3N2O3S. The SMILES string of the molecule is Cc1ccc(Cl)cc1NC(=O)[C@H](Cc1ccccc1)NS(=O)(=O)c1cc(Cl)ccc1Cl. The summed E-state index contributed by atoms with van der Waals surface area (Å²) in [5.74, 6) is -0.532. The molecule has 9 heteroatoms. The molecule has 0 aliphatic heterocycles. The molecule has 1 atom stereocenters. The molecule has 0 bridgehead atoms. The van der Waals surface area contributed by atoms with Gasteiger partial charge in [0.05, 0.1) is 5.02 Å². The van der Waals surface area contributed by atoms with Crippen molar-refractivity contribution in [1.29, 1.82) is 0 Å². The van der Waals surface area contributed by atoms with Gasteiger partial charge in [-0.25, -0.2) is 8.42 Å². The zero-order chi connectivity index (χ0) is 22.6. The molecule has 0 aliphatic carbocycles. The van der Waals surface area contributed by atoms with E-state index in [0.717, 1.165) is 11.1 Å². The van der Waals surface area contributed by atoms with Crippen molar-refractivity contribution in [2.24, 2.45) is 0 Å². The number of carbonyl (C=O) groups excluding carboxylic acids is 1. The summed E-state index contributed by atoms with van der Waals surface area (Å²) in [5.41, 5.74) is 2.07. The third-order valence-corrected chi connectivity index (χ3v) is 6.96. The van der Waals surface area contributed by atoms with Crippen LogP contribution in [0.1, 0.15) is 11.1 Å². The Morgan fingerprint density at radius 3 is 2.29 bits per heavy atom. The fourth-order valence-electron chi connectivity index (χ4n) is 2.92. The standard InChI is InChI=1S/C22H19Cl3N2O3S/c1-14-7-8-16(23)12-19(14)26-22(28)20(11-15-5-3-2-4-6-15)27-31(29,30)21-13-17(24)9-10-18(21)25/h2-10,12-13,20,27H,11H2,1H3,(H,26,28)/t20-/m0/s1. The Balaban J connectivity index is 1.93. The Kier molecular flexibility index (Phi) is 7.62. The quantitative estimate of drug-likeness (QED) is 0.454. The summed E-state index contributed by atoms with van der Waals surface area (Å²) in [7, 11) is -4.14. The van der Waals surface area contributed by atoms with Crippen LogP contribution >= 0.6 is 34.8 Å². The molecule has 162 valence electrons. The largest absolute Gasteiger partial charge is 0.324 e. The summed E-state index contributed by atoms with van der Waals surface area (Å²) in [6.45, 7) is 1.81. The fraction of sp³-hybridized carbons (Fsp3) is 0.136. The maximum Gasteiger partial charge on any atom is 0.242 e. The van der Waals surface area contributed by atoms with Crippen molar-refractivity contribution in [1.82, 2.24) is 4.72 Å². The first-order valence-electron chi connectivity index (χ1n) is 9.24. The number of hydrogen-bond acceptors (Lipinski definition) is 3. The van der Waals surface area contributed by atoms with Gasteiger partial charge in [0.15, 0.2) is 0 Å². The van der Waals surface area contributed by atoms with E-state index in [0.29, 0.717) is 10.7 Å². The molecule has 3 rings (SSSR count). The third kappa shape index (κ3) is 6.21. The van der Waals surface area contributed by atoms with Gasteiger partial charge in [-0.2, -0.15) is 4.72 Å². The topological polar surface area (TPSA) is 75.3 Å². The maximum atomic E-state index is 13.1. The monoisotopic (exact) mass is 496 g/mol. The molecule has 0 aliphatic rings. The van der Waals surface area contributed by atoms with Crippen LogP contribution in [0.2, 0.25) is 15.1 Å². The molecule has 2 N–H and O–H groups in total. The molecule has 3 aromatic rings. The van der Waals surface area contributed by atoms with Crippen molar-refractivity contribution >= 4 is 56.4 Å². The molecule has 0 saturated carbocycles. The summed E-state index contributed by atoms with van der Waals surface area (Å²) >= 11 is 18.1. The Bertz CT molecular complexity index is 1200. The number of hydrogen-bond donors (Lipinski definition) is 2.